The molecule has 192 valence electrons. The molecular weight excluding hydrogens is 506 g/mol. The molecule has 4 aromatic rings. The van der Waals surface area contributed by atoms with Crippen LogP contribution in [-0.2, 0) is 30.5 Å². The van der Waals surface area contributed by atoms with Crippen LogP contribution in [0.15, 0.2) is 59.3 Å². The molecule has 2 aliphatic rings. The van der Waals surface area contributed by atoms with Crippen molar-refractivity contribution in [2.45, 2.75) is 59.7 Å². The molecule has 0 radical (unpaired) electrons. The van der Waals surface area contributed by atoms with Gasteiger partial charge in [-0.05, 0) is 76.4 Å². The fraction of sp³-hybridized carbons (Fsp3) is 0.290. The Kier molecular flexibility index (Phi) is 8.18. The van der Waals surface area contributed by atoms with Crippen LogP contribution in [0.1, 0.15) is 52.7 Å². The van der Waals surface area contributed by atoms with Crippen LogP contribution in [0.2, 0.25) is 20.0 Å². The first-order valence-electron chi connectivity index (χ1n) is 13.3. The highest BCUT2D eigenvalue weighted by Crippen LogP contribution is 2.21. The molecule has 2 aromatic carbocycles. The van der Waals surface area contributed by atoms with Gasteiger partial charge in [0.2, 0.25) is 0 Å². The molecule has 0 saturated heterocycles. The standard InChI is InChI=1S/C16H17BOS.C15H15BO2S/c1-11-7-16(19-10-11)15(18)9-12-3-4-13-5-6-17(2)14(13)8-12;1-10-5-6-19-15(10)14(17)8-11-3-4-12-9-18-16(2)13(12)7-11/h3-4,7-8,10H,5-6,9H2,1-2H3;3-7H,8-9H2,1-2H3. The molecule has 0 N–H and O–H groups in total. The van der Waals surface area contributed by atoms with E-state index in [-0.39, 0.29) is 18.5 Å². The summed E-state index contributed by atoms with van der Waals surface area (Å²) in [6, 6.07) is 16.8. The van der Waals surface area contributed by atoms with E-state index in [1.54, 1.807) is 11.3 Å². The normalized spacial score (nSPS) is 13.7. The first kappa shape index (κ1) is 26.9. The number of aryl methyl sites for hydroxylation is 3. The topological polar surface area (TPSA) is 43.4 Å². The fourth-order valence-electron chi connectivity index (χ4n) is 5.31. The molecule has 38 heavy (non-hydrogen) atoms. The van der Waals surface area contributed by atoms with Crippen LogP contribution in [0.4, 0.5) is 0 Å². The molecule has 0 aliphatic carbocycles. The number of hydrogen-bond donors (Lipinski definition) is 0. The highest BCUT2D eigenvalue weighted by Gasteiger charge is 2.24. The second kappa shape index (κ2) is 11.6. The fourth-order valence-corrected chi connectivity index (χ4v) is 7.02. The maximum atomic E-state index is 12.3. The number of thiophene rings is 2. The van der Waals surface area contributed by atoms with Crippen LogP contribution < -0.4 is 10.9 Å². The molecule has 0 amide bonds. The molecule has 0 spiro atoms. The minimum atomic E-state index is 0.147. The summed E-state index contributed by atoms with van der Waals surface area (Å²) in [5, 5.41) is 4.01. The number of rotatable bonds is 6. The monoisotopic (exact) mass is 538 g/mol. The largest absolute Gasteiger partial charge is 0.427 e. The van der Waals surface area contributed by atoms with E-state index in [0.29, 0.717) is 26.2 Å². The van der Waals surface area contributed by atoms with E-state index in [4.69, 9.17) is 4.65 Å². The summed E-state index contributed by atoms with van der Waals surface area (Å²) < 4.78 is 5.59. The van der Waals surface area contributed by atoms with Crippen LogP contribution in [0.25, 0.3) is 0 Å². The smallest absolute Gasteiger partial charge is 0.324 e. The van der Waals surface area contributed by atoms with Crippen molar-refractivity contribution in [2.75, 3.05) is 0 Å². The van der Waals surface area contributed by atoms with Gasteiger partial charge in [0, 0.05) is 12.8 Å². The van der Waals surface area contributed by atoms with Gasteiger partial charge in [0.1, 0.15) is 0 Å². The summed E-state index contributed by atoms with van der Waals surface area (Å²) >= 11 is 3.08. The lowest BCUT2D eigenvalue weighted by Gasteiger charge is -2.06. The summed E-state index contributed by atoms with van der Waals surface area (Å²) in [5.41, 5.74) is 9.88. The predicted molar refractivity (Wildman–Crippen MR) is 163 cm³/mol. The van der Waals surface area contributed by atoms with E-state index in [9.17, 15) is 9.59 Å². The first-order valence-corrected chi connectivity index (χ1v) is 15.0. The van der Waals surface area contributed by atoms with Crippen molar-refractivity contribution in [2.24, 2.45) is 0 Å². The van der Waals surface area contributed by atoms with Crippen LogP contribution in [0.3, 0.4) is 0 Å². The average Bonchev–Trinajstić information content (AvgIpc) is 3.69. The van der Waals surface area contributed by atoms with Crippen LogP contribution in [0, 0.1) is 13.8 Å². The van der Waals surface area contributed by atoms with Crippen molar-refractivity contribution in [3.05, 3.63) is 102 Å². The Bertz CT molecular complexity index is 1490. The van der Waals surface area contributed by atoms with Crippen molar-refractivity contribution in [3.63, 3.8) is 0 Å². The van der Waals surface area contributed by atoms with Gasteiger partial charge in [0.05, 0.1) is 16.4 Å². The minimum absolute atomic E-state index is 0.147. The number of hydrogen-bond acceptors (Lipinski definition) is 5. The van der Waals surface area contributed by atoms with Crippen molar-refractivity contribution in [1.82, 2.24) is 0 Å². The third-order valence-corrected chi connectivity index (χ3v) is 9.72. The van der Waals surface area contributed by atoms with E-state index in [1.807, 2.05) is 42.8 Å². The van der Waals surface area contributed by atoms with Gasteiger partial charge in [-0.25, -0.2) is 0 Å². The predicted octanol–water partition coefficient (Wildman–Crippen LogP) is 6.21. The van der Waals surface area contributed by atoms with Gasteiger partial charge in [-0.15, -0.1) is 22.7 Å². The maximum absolute atomic E-state index is 12.3. The highest BCUT2D eigenvalue weighted by atomic mass is 32.1. The molecule has 0 bridgehead atoms. The van der Waals surface area contributed by atoms with Gasteiger partial charge in [-0.3, -0.25) is 9.59 Å². The molecule has 0 fully saturated rings. The van der Waals surface area contributed by atoms with Crippen LogP contribution >= 0.6 is 22.7 Å². The second-order valence-corrected chi connectivity index (χ2v) is 12.4. The van der Waals surface area contributed by atoms with Gasteiger partial charge in [-0.2, -0.15) is 0 Å². The maximum Gasteiger partial charge on any atom is 0.324 e. The van der Waals surface area contributed by atoms with Gasteiger partial charge in [0.15, 0.2) is 18.3 Å². The molecular formula is C31H32B2O3S2. The van der Waals surface area contributed by atoms with Crippen molar-refractivity contribution >= 4 is 58.8 Å². The summed E-state index contributed by atoms with van der Waals surface area (Å²) in [6.45, 7) is 9.84. The Labute approximate surface area is 234 Å². The summed E-state index contributed by atoms with van der Waals surface area (Å²) in [6.07, 6.45) is 3.44. The van der Waals surface area contributed by atoms with Crippen molar-refractivity contribution in [3.8, 4) is 0 Å². The zero-order chi connectivity index (χ0) is 26.8. The summed E-state index contributed by atoms with van der Waals surface area (Å²) in [7, 11) is 0. The molecule has 0 atom stereocenters. The van der Waals surface area contributed by atoms with E-state index in [1.165, 1.54) is 51.7 Å². The number of carbonyl (C=O) groups is 2. The lowest BCUT2D eigenvalue weighted by Crippen LogP contribution is -2.24. The van der Waals surface area contributed by atoms with E-state index in [0.717, 1.165) is 26.4 Å². The highest BCUT2D eigenvalue weighted by molar-refractivity contribution is 7.12. The van der Waals surface area contributed by atoms with Gasteiger partial charge >= 0.3 is 6.92 Å². The molecule has 6 rings (SSSR count). The SMILES string of the molecule is CB1CCc2ccc(CC(=O)c3cc(C)cs3)cc21.CB1OCc2ccc(CC(=O)c3sccc3C)cc21. The number of ketones is 2. The lowest BCUT2D eigenvalue weighted by molar-refractivity contribution is 0.0988. The Hall–Kier alpha value is -2.73. The summed E-state index contributed by atoms with van der Waals surface area (Å²) in [4.78, 5) is 26.2. The Morgan fingerprint density at radius 3 is 2.26 bits per heavy atom. The zero-order valence-corrected chi connectivity index (χ0v) is 24.1. The number of benzene rings is 2. The number of fused-ring (bicyclic) bond motifs is 2. The van der Waals surface area contributed by atoms with E-state index in [2.05, 4.69) is 44.0 Å². The van der Waals surface area contributed by atoms with Gasteiger partial charge in [0.25, 0.3) is 0 Å². The minimum Gasteiger partial charge on any atom is -0.427 e. The molecule has 7 heteroatoms. The van der Waals surface area contributed by atoms with E-state index < -0.39 is 0 Å². The first-order chi connectivity index (χ1) is 18.3. The Balaban J connectivity index is 0.000000155. The second-order valence-electron chi connectivity index (χ2n) is 10.6. The van der Waals surface area contributed by atoms with Crippen LogP contribution in [0.5, 0.6) is 0 Å². The summed E-state index contributed by atoms with van der Waals surface area (Å²) in [5.74, 6) is 0.447. The van der Waals surface area contributed by atoms with Gasteiger partial charge < -0.3 is 4.65 Å². The quantitative estimate of drug-likeness (QED) is 0.217. The van der Waals surface area contributed by atoms with E-state index >= 15 is 0 Å². The molecule has 2 aliphatic heterocycles. The lowest BCUT2D eigenvalue weighted by atomic mass is 9.48. The third kappa shape index (κ3) is 5.96. The number of Topliss-reactive ketones (excluding diaryl/α,β-unsaturated/α-hetero) is 2. The van der Waals surface area contributed by atoms with Crippen molar-refractivity contribution in [1.29, 1.82) is 0 Å². The zero-order valence-electron chi connectivity index (χ0n) is 22.5. The van der Waals surface area contributed by atoms with Gasteiger partial charge in [-0.1, -0.05) is 67.4 Å². The van der Waals surface area contributed by atoms with Crippen molar-refractivity contribution < 1.29 is 14.2 Å². The number of carbonyl (C=O) groups excluding carboxylic acids is 2. The average molecular weight is 538 g/mol. The molecule has 4 heterocycles. The molecule has 2 aromatic heterocycles. The molecule has 0 saturated carbocycles. The third-order valence-electron chi connectivity index (χ3n) is 7.58. The van der Waals surface area contributed by atoms with Crippen LogP contribution in [-0.4, -0.2) is 25.2 Å². The molecule has 3 nitrogen and oxygen atoms in total. The Morgan fingerprint density at radius 1 is 0.868 bits per heavy atom. The Morgan fingerprint density at radius 2 is 1.58 bits per heavy atom. The molecule has 0 unspecified atom stereocenters.